The molecule has 2 bridgehead atoms. The predicted molar refractivity (Wildman–Crippen MR) is 169 cm³/mol. The molecule has 3 aliphatic rings. The van der Waals surface area contributed by atoms with Crippen LogP contribution >= 0.6 is 11.6 Å². The molecule has 3 aliphatic carbocycles. The lowest BCUT2D eigenvalue weighted by Gasteiger charge is -2.24. The van der Waals surface area contributed by atoms with Gasteiger partial charge in [0.15, 0.2) is 0 Å². The van der Waals surface area contributed by atoms with Gasteiger partial charge in [-0.25, -0.2) is 4.39 Å². The van der Waals surface area contributed by atoms with Crippen LogP contribution in [0, 0.1) is 29.0 Å². The molecule has 3 aromatic carbocycles. The zero-order valence-corrected chi connectivity index (χ0v) is 25.9. The minimum atomic E-state index is -0.227. The molecule has 2 saturated carbocycles. The van der Waals surface area contributed by atoms with E-state index in [1.807, 2.05) is 36.4 Å². The zero-order chi connectivity index (χ0) is 32.0. The molecule has 0 spiro atoms. The predicted octanol–water partition coefficient (Wildman–Crippen LogP) is 7.75. The van der Waals surface area contributed by atoms with Gasteiger partial charge in [0.1, 0.15) is 36.1 Å². The highest BCUT2D eigenvalue weighted by Gasteiger charge is 2.39. The van der Waals surface area contributed by atoms with Gasteiger partial charge in [-0.2, -0.15) is 14.9 Å². The highest BCUT2D eigenvalue weighted by Crippen LogP contribution is 2.46. The number of hydrogen-bond donors (Lipinski definition) is 1. The molecule has 46 heavy (non-hydrogen) atoms. The lowest BCUT2D eigenvalue weighted by molar-refractivity contribution is -0.191. The van der Waals surface area contributed by atoms with E-state index in [0.29, 0.717) is 40.2 Å². The third-order valence-corrected chi connectivity index (χ3v) is 9.67. The normalized spacial score (nSPS) is 20.6. The molecule has 1 aromatic heterocycles. The van der Waals surface area contributed by atoms with Crippen molar-refractivity contribution in [3.8, 4) is 28.7 Å². The van der Waals surface area contributed by atoms with Gasteiger partial charge in [-0.3, -0.25) is 4.98 Å². The summed E-state index contributed by atoms with van der Waals surface area (Å²) in [6.07, 6.45) is 10.1. The van der Waals surface area contributed by atoms with Gasteiger partial charge in [0.25, 0.3) is 0 Å². The summed E-state index contributed by atoms with van der Waals surface area (Å²) in [5.41, 5.74) is 5.96. The summed E-state index contributed by atoms with van der Waals surface area (Å²) in [6, 6.07) is 21.2. The molecule has 4 atom stereocenters. The van der Waals surface area contributed by atoms with E-state index in [1.54, 1.807) is 24.5 Å². The van der Waals surface area contributed by atoms with Crippen molar-refractivity contribution >= 4 is 17.8 Å². The Labute approximate surface area is 272 Å². The van der Waals surface area contributed by atoms with Gasteiger partial charge in [0.05, 0.1) is 10.6 Å². The molecular weight excluding hydrogens is 605 g/mol. The molecule has 0 unspecified atom stereocenters. The standard InChI is InChI=1S/C36H33ClFN3O2.CO2/c37-31-15-26(20-41-33-14-22-8-9-25(33)13-22)35(42-21-24-12-23(17-39)18-40-19-24)16-36(31)43-34-11-10-28-27(5-3-6-30(28)34)29-4-1-2-7-32(29)38;2-1-3/h1-7,12,15-16,18-19,22,25,33-34,41H,8-11,13-14,20-21H2;/t22-,25+,33-,34-;/m0./s1. The number of hydrogen-bond acceptors (Lipinski definition) is 7. The van der Waals surface area contributed by atoms with Crippen molar-refractivity contribution < 1.29 is 23.5 Å². The van der Waals surface area contributed by atoms with Crippen molar-refractivity contribution in [3.63, 3.8) is 0 Å². The first-order valence-corrected chi connectivity index (χ1v) is 15.9. The van der Waals surface area contributed by atoms with Gasteiger partial charge < -0.3 is 14.8 Å². The molecular formula is C37H33ClFN3O4. The maximum absolute atomic E-state index is 14.7. The smallest absolute Gasteiger partial charge is 0.373 e. The van der Waals surface area contributed by atoms with Crippen molar-refractivity contribution in [2.45, 2.75) is 63.8 Å². The fourth-order valence-electron chi connectivity index (χ4n) is 7.29. The topological polar surface area (TPSA) is 101 Å². The van der Waals surface area contributed by atoms with Gasteiger partial charge >= 0.3 is 6.15 Å². The van der Waals surface area contributed by atoms with E-state index in [4.69, 9.17) is 30.7 Å². The van der Waals surface area contributed by atoms with E-state index >= 15 is 0 Å². The lowest BCUT2D eigenvalue weighted by Crippen LogP contribution is -2.33. The molecule has 0 saturated heterocycles. The number of nitrogens with one attached hydrogen (secondary N) is 1. The van der Waals surface area contributed by atoms with Crippen LogP contribution in [0.3, 0.4) is 0 Å². The minimum Gasteiger partial charge on any atom is -0.488 e. The van der Waals surface area contributed by atoms with E-state index in [2.05, 4.69) is 22.4 Å². The third kappa shape index (κ3) is 6.83. The first kappa shape index (κ1) is 31.4. The van der Waals surface area contributed by atoms with Gasteiger partial charge in [0, 0.05) is 47.7 Å². The molecule has 4 aromatic rings. The fraction of sp³-hybridized carbons (Fsp3) is 0.324. The second-order valence-corrected chi connectivity index (χ2v) is 12.5. The molecule has 7 rings (SSSR count). The molecule has 9 heteroatoms. The van der Waals surface area contributed by atoms with E-state index in [-0.39, 0.29) is 24.7 Å². The lowest BCUT2D eigenvalue weighted by atomic mass is 9.95. The average Bonchev–Trinajstić information content (AvgIpc) is 3.81. The number of aromatic nitrogens is 1. The molecule has 2 fully saturated rings. The SMILES string of the molecule is N#Cc1cncc(COc2cc(O[C@H]3CCc4c(-c5ccccc5F)cccc43)c(Cl)cc2CN[C@H]2C[C@H]3CC[C@@H]2C3)c1.O=C=O. The monoisotopic (exact) mass is 637 g/mol. The van der Waals surface area contributed by atoms with Gasteiger partial charge in [-0.1, -0.05) is 54.4 Å². The molecule has 0 aliphatic heterocycles. The van der Waals surface area contributed by atoms with Crippen LogP contribution in [0.5, 0.6) is 11.5 Å². The highest BCUT2D eigenvalue weighted by molar-refractivity contribution is 6.32. The number of nitrogens with zero attached hydrogens (tertiary/aromatic N) is 2. The first-order valence-electron chi connectivity index (χ1n) is 15.5. The van der Waals surface area contributed by atoms with Crippen molar-refractivity contribution in [2.24, 2.45) is 11.8 Å². The first-order chi connectivity index (χ1) is 22.5. The number of halogens is 2. The van der Waals surface area contributed by atoms with Crippen LogP contribution in [0.4, 0.5) is 4.39 Å². The number of carbonyl (C=O) groups excluding carboxylic acids is 2. The summed E-state index contributed by atoms with van der Waals surface area (Å²) in [7, 11) is 0. The molecule has 0 radical (unpaired) electrons. The highest BCUT2D eigenvalue weighted by atomic mass is 35.5. The van der Waals surface area contributed by atoms with Crippen molar-refractivity contribution in [1.29, 1.82) is 5.26 Å². The molecule has 1 N–H and O–H groups in total. The number of pyridine rings is 1. The maximum Gasteiger partial charge on any atom is 0.373 e. The Kier molecular flexibility index (Phi) is 9.75. The Morgan fingerprint density at radius 1 is 0.978 bits per heavy atom. The van der Waals surface area contributed by atoms with Crippen LogP contribution < -0.4 is 14.8 Å². The summed E-state index contributed by atoms with van der Waals surface area (Å²) in [5.74, 6) is 2.62. The van der Waals surface area contributed by atoms with E-state index in [9.17, 15) is 9.65 Å². The maximum atomic E-state index is 14.7. The molecule has 234 valence electrons. The fourth-order valence-corrected chi connectivity index (χ4v) is 7.52. The number of benzene rings is 3. The zero-order valence-electron chi connectivity index (χ0n) is 25.2. The largest absolute Gasteiger partial charge is 0.488 e. The van der Waals surface area contributed by atoms with Crippen LogP contribution in [0.1, 0.15) is 66.0 Å². The summed E-state index contributed by atoms with van der Waals surface area (Å²) < 4.78 is 27.6. The van der Waals surface area contributed by atoms with Crippen LogP contribution in [0.15, 0.2) is 73.1 Å². The number of rotatable bonds is 9. The van der Waals surface area contributed by atoms with Crippen molar-refractivity contribution in [3.05, 3.63) is 112 Å². The van der Waals surface area contributed by atoms with Gasteiger partial charge in [-0.05, 0) is 78.8 Å². The van der Waals surface area contributed by atoms with Crippen LogP contribution in [-0.4, -0.2) is 17.2 Å². The molecule has 1 heterocycles. The van der Waals surface area contributed by atoms with Crippen molar-refractivity contribution in [1.82, 2.24) is 10.3 Å². The Hall–Kier alpha value is -4.54. The average molecular weight is 638 g/mol. The number of fused-ring (bicyclic) bond motifs is 3. The summed E-state index contributed by atoms with van der Waals surface area (Å²) >= 11 is 6.87. The van der Waals surface area contributed by atoms with Gasteiger partial charge in [-0.15, -0.1) is 0 Å². The van der Waals surface area contributed by atoms with Crippen LogP contribution in [-0.2, 0) is 29.2 Å². The second-order valence-electron chi connectivity index (χ2n) is 12.1. The van der Waals surface area contributed by atoms with E-state index < -0.39 is 0 Å². The van der Waals surface area contributed by atoms with E-state index in [1.165, 1.54) is 31.7 Å². The van der Waals surface area contributed by atoms with Gasteiger partial charge in [0.2, 0.25) is 0 Å². The van der Waals surface area contributed by atoms with E-state index in [0.717, 1.165) is 52.5 Å². The van der Waals surface area contributed by atoms with Crippen LogP contribution in [0.2, 0.25) is 5.02 Å². The Bertz CT molecular complexity index is 1800. The third-order valence-electron chi connectivity index (χ3n) is 9.38. The summed E-state index contributed by atoms with van der Waals surface area (Å²) in [6.45, 7) is 0.918. The van der Waals surface area contributed by atoms with Crippen LogP contribution in [0.25, 0.3) is 11.1 Å². The number of ether oxygens (including phenoxy) is 2. The summed E-state index contributed by atoms with van der Waals surface area (Å²) in [5, 5.41) is 13.6. The van der Waals surface area contributed by atoms with Crippen molar-refractivity contribution in [2.75, 3.05) is 0 Å². The number of nitriles is 1. The Morgan fingerprint density at radius 3 is 2.57 bits per heavy atom. The second kappa shape index (κ2) is 14.3. The quantitative estimate of drug-likeness (QED) is 0.200. The molecule has 7 nitrogen and oxygen atoms in total. The Balaban J connectivity index is 0.00000119. The minimum absolute atomic E-state index is 0.207. The summed E-state index contributed by atoms with van der Waals surface area (Å²) in [4.78, 5) is 20.4. The Morgan fingerprint density at radius 2 is 1.80 bits per heavy atom. The molecule has 0 amide bonds.